The van der Waals surface area contributed by atoms with Crippen molar-refractivity contribution in [3.05, 3.63) is 106 Å². The highest BCUT2D eigenvalue weighted by molar-refractivity contribution is 6.21. The highest BCUT2D eigenvalue weighted by Gasteiger charge is 2.43. The summed E-state index contributed by atoms with van der Waals surface area (Å²) in [5.41, 5.74) is 5.37. The van der Waals surface area contributed by atoms with Gasteiger partial charge >= 0.3 is 0 Å². The zero-order chi connectivity index (χ0) is 34.8. The zero-order valence-electron chi connectivity index (χ0n) is 29.7. The van der Waals surface area contributed by atoms with Gasteiger partial charge in [-0.2, -0.15) is 0 Å². The van der Waals surface area contributed by atoms with Crippen molar-refractivity contribution in [2.75, 3.05) is 67.5 Å². The zero-order valence-corrected chi connectivity index (χ0v) is 29.7. The first-order valence-electron chi connectivity index (χ1n) is 18.1. The molecule has 258 valence electrons. The highest BCUT2D eigenvalue weighted by Crippen LogP contribution is 2.47. The predicted molar refractivity (Wildman–Crippen MR) is 191 cm³/mol. The van der Waals surface area contributed by atoms with Gasteiger partial charge in [0.25, 0.3) is 11.8 Å². The van der Waals surface area contributed by atoms with Gasteiger partial charge in [0.05, 0.1) is 71.4 Å². The number of imide groups is 2. The van der Waals surface area contributed by atoms with Gasteiger partial charge in [0, 0.05) is 38.3 Å². The minimum absolute atomic E-state index is 0.00638. The van der Waals surface area contributed by atoms with Crippen LogP contribution in [0.4, 0.5) is 0 Å². The van der Waals surface area contributed by atoms with E-state index in [0.717, 1.165) is 83.1 Å². The number of benzene rings is 3. The molecule has 0 fully saturated rings. The third kappa shape index (κ3) is 7.41. The molecule has 3 heterocycles. The minimum Gasteiger partial charge on any atom is -0.328 e. The number of unbranched alkanes of at least 4 members (excludes halogenated alkanes) is 3. The van der Waals surface area contributed by atoms with Gasteiger partial charge in [-0.15, -0.1) is 0 Å². The Labute approximate surface area is 291 Å². The molecule has 7 rings (SSSR count). The summed E-state index contributed by atoms with van der Waals surface area (Å²) >= 11 is 0. The number of hydrogen-bond donors (Lipinski definition) is 0. The monoisotopic (exact) mass is 664 g/mol. The molecule has 49 heavy (non-hydrogen) atoms. The minimum atomic E-state index is -0.421. The van der Waals surface area contributed by atoms with Gasteiger partial charge in [0.1, 0.15) is 0 Å². The molecule has 0 atom stereocenters. The van der Waals surface area contributed by atoms with Crippen molar-refractivity contribution >= 4 is 23.6 Å². The van der Waals surface area contributed by atoms with Crippen molar-refractivity contribution in [2.24, 2.45) is 0 Å². The Kier molecular flexibility index (Phi) is 10.2. The molecule has 0 spiro atoms. The van der Waals surface area contributed by atoms with Gasteiger partial charge in [-0.05, 0) is 60.1 Å². The summed E-state index contributed by atoms with van der Waals surface area (Å²) in [5, 5.41) is 0. The van der Waals surface area contributed by atoms with E-state index in [2.05, 4.69) is 52.5 Å². The molecule has 0 saturated heterocycles. The van der Waals surface area contributed by atoms with Crippen LogP contribution in [0.5, 0.6) is 0 Å². The number of fused-ring (bicyclic) bond motifs is 4. The molecule has 4 aliphatic rings. The van der Waals surface area contributed by atoms with Crippen LogP contribution < -0.4 is 0 Å². The maximum absolute atomic E-state index is 14.0. The van der Waals surface area contributed by atoms with Crippen molar-refractivity contribution in [1.29, 1.82) is 0 Å². The lowest BCUT2D eigenvalue weighted by molar-refractivity contribution is -0.891. The molecule has 0 unspecified atom stereocenters. The molecule has 0 aromatic heterocycles. The topological polar surface area (TPSA) is 74.8 Å². The van der Waals surface area contributed by atoms with Crippen LogP contribution in [0.1, 0.15) is 99.8 Å². The maximum Gasteiger partial charge on any atom is 0.261 e. The quantitative estimate of drug-likeness (QED) is 0.117. The third-order valence-electron chi connectivity index (χ3n) is 11.0. The summed E-state index contributed by atoms with van der Waals surface area (Å²) in [4.78, 5) is 55.9. The Balaban J connectivity index is 0.908. The molecule has 4 amide bonds. The van der Waals surface area contributed by atoms with Gasteiger partial charge < -0.3 is 8.97 Å². The highest BCUT2D eigenvalue weighted by atomic mass is 16.2. The molecule has 8 nitrogen and oxygen atoms in total. The van der Waals surface area contributed by atoms with E-state index in [-0.39, 0.29) is 29.5 Å². The number of rotatable bonds is 15. The summed E-state index contributed by atoms with van der Waals surface area (Å²) < 4.78 is 1.74. The van der Waals surface area contributed by atoms with E-state index in [0.29, 0.717) is 30.6 Å². The van der Waals surface area contributed by atoms with Crippen LogP contribution in [0, 0.1) is 0 Å². The average molecular weight is 665 g/mol. The molecule has 0 N–H and O–H groups in total. The van der Waals surface area contributed by atoms with E-state index < -0.39 is 5.92 Å². The van der Waals surface area contributed by atoms with Crippen molar-refractivity contribution in [3.8, 4) is 0 Å². The van der Waals surface area contributed by atoms with Crippen LogP contribution in [-0.4, -0.2) is 110 Å². The first-order chi connectivity index (χ1) is 23.5. The van der Waals surface area contributed by atoms with Crippen molar-refractivity contribution in [3.63, 3.8) is 0 Å². The first-order valence-corrected chi connectivity index (χ1v) is 18.1. The van der Waals surface area contributed by atoms with Crippen LogP contribution in [0.3, 0.4) is 0 Å². The van der Waals surface area contributed by atoms with Crippen molar-refractivity contribution in [2.45, 2.75) is 56.8 Å². The normalized spacial score (nSPS) is 18.8. The summed E-state index contributed by atoms with van der Waals surface area (Å²) in [6, 6.07) is 23.4. The molecule has 0 radical (unpaired) electrons. The SMILES string of the molecule is C[N+](C)(CCCCCC[N+](C)(C)CCCN1C(=O)CC2c3ccccc3C(C1=O)c1ccccc12)CCCN1C(=O)c2ccccc2C1=O. The summed E-state index contributed by atoms with van der Waals surface area (Å²) in [6.45, 7) is 4.88. The van der Waals surface area contributed by atoms with Crippen LogP contribution >= 0.6 is 0 Å². The number of amides is 4. The van der Waals surface area contributed by atoms with Crippen LogP contribution in [0.25, 0.3) is 0 Å². The summed E-state index contributed by atoms with van der Waals surface area (Å²) in [6.07, 6.45) is 6.52. The molecule has 0 saturated carbocycles. The van der Waals surface area contributed by atoms with E-state index in [1.807, 2.05) is 24.3 Å². The number of hydrogen-bond acceptors (Lipinski definition) is 4. The predicted octanol–water partition coefficient (Wildman–Crippen LogP) is 5.81. The van der Waals surface area contributed by atoms with Gasteiger partial charge in [0.15, 0.2) is 0 Å². The molecule has 3 aliphatic heterocycles. The Morgan fingerprint density at radius 3 is 1.43 bits per heavy atom. The Morgan fingerprint density at radius 2 is 0.939 bits per heavy atom. The van der Waals surface area contributed by atoms with Gasteiger partial charge in [-0.3, -0.25) is 29.0 Å². The van der Waals surface area contributed by atoms with E-state index in [9.17, 15) is 19.2 Å². The van der Waals surface area contributed by atoms with E-state index in [4.69, 9.17) is 0 Å². The number of carbonyl (C=O) groups is 4. The number of carbonyl (C=O) groups excluding carboxylic acids is 4. The molecular weight excluding hydrogens is 612 g/mol. The Morgan fingerprint density at radius 1 is 0.531 bits per heavy atom. The lowest BCUT2D eigenvalue weighted by Gasteiger charge is -2.39. The maximum atomic E-state index is 14.0. The van der Waals surface area contributed by atoms with Gasteiger partial charge in [0.2, 0.25) is 11.8 Å². The van der Waals surface area contributed by atoms with Crippen LogP contribution in [0.2, 0.25) is 0 Å². The smallest absolute Gasteiger partial charge is 0.261 e. The summed E-state index contributed by atoms with van der Waals surface area (Å²) in [5.74, 6) is -0.910. The lowest BCUT2D eigenvalue weighted by Crippen LogP contribution is -2.47. The lowest BCUT2D eigenvalue weighted by atomic mass is 9.69. The fraction of sp³-hybridized carbons (Fsp3) is 0.463. The van der Waals surface area contributed by atoms with Crippen LogP contribution in [0.15, 0.2) is 72.8 Å². The molecular formula is C41H52N4O4+2. The van der Waals surface area contributed by atoms with E-state index >= 15 is 0 Å². The second kappa shape index (κ2) is 14.4. The molecule has 1 aliphatic carbocycles. The largest absolute Gasteiger partial charge is 0.328 e. The Hall–Kier alpha value is -4.14. The third-order valence-corrected chi connectivity index (χ3v) is 11.0. The number of quaternary nitrogens is 2. The van der Waals surface area contributed by atoms with Crippen LogP contribution in [-0.2, 0) is 9.59 Å². The molecule has 3 aromatic carbocycles. The molecule has 3 aromatic rings. The first kappa shape index (κ1) is 34.7. The van der Waals surface area contributed by atoms with E-state index in [1.165, 1.54) is 17.7 Å². The van der Waals surface area contributed by atoms with Gasteiger partial charge in [-0.1, -0.05) is 60.7 Å². The second-order valence-electron chi connectivity index (χ2n) is 15.5. The van der Waals surface area contributed by atoms with Gasteiger partial charge in [-0.25, -0.2) is 0 Å². The van der Waals surface area contributed by atoms with Crippen molar-refractivity contribution in [1.82, 2.24) is 9.80 Å². The van der Waals surface area contributed by atoms with Crippen molar-refractivity contribution < 1.29 is 28.1 Å². The second-order valence-corrected chi connectivity index (χ2v) is 15.5. The fourth-order valence-electron chi connectivity index (χ4n) is 8.21. The number of nitrogens with zero attached hydrogens (tertiary/aromatic N) is 4. The van der Waals surface area contributed by atoms with E-state index in [1.54, 1.807) is 29.2 Å². The summed E-state index contributed by atoms with van der Waals surface area (Å²) in [7, 11) is 8.96. The standard InChI is InChI=1S/C41H52N4O4/c1-44(2,25-13-5-6-14-26-45(3,4)28-16-24-43-39(47)34-21-11-12-22-35(34)40(43)48)27-15-23-42-37(46)29-36-30-17-7-9-19-32(30)38(41(42)49)33-20-10-8-18-31(33)36/h7-12,17-22,36,38H,5-6,13-16,23-29H2,1-4H3/q+2. The molecule has 8 heteroatoms. The Bertz CT molecular complexity index is 1650. The molecule has 2 bridgehead atoms. The fourth-order valence-corrected chi connectivity index (χ4v) is 8.21. The average Bonchev–Trinajstić information content (AvgIpc) is 3.32.